The van der Waals surface area contributed by atoms with Crippen LogP contribution in [0.15, 0.2) is 78.9 Å². The lowest BCUT2D eigenvalue weighted by molar-refractivity contribution is -0.138. The summed E-state index contributed by atoms with van der Waals surface area (Å²) >= 11 is 0. The highest BCUT2D eigenvalue weighted by Crippen LogP contribution is 2.38. The van der Waals surface area contributed by atoms with E-state index >= 15 is 0 Å². The molecule has 1 atom stereocenters. The minimum absolute atomic E-state index is 0.292. The van der Waals surface area contributed by atoms with Gasteiger partial charge in [0, 0.05) is 6.04 Å². The molecule has 0 aromatic heterocycles. The summed E-state index contributed by atoms with van der Waals surface area (Å²) in [6.45, 7) is 0. The van der Waals surface area contributed by atoms with Crippen molar-refractivity contribution >= 4 is 0 Å². The first-order chi connectivity index (χ1) is 12.9. The molecule has 3 aromatic carbocycles. The zero-order valence-electron chi connectivity index (χ0n) is 14.3. The van der Waals surface area contributed by atoms with E-state index in [-0.39, 0.29) is 0 Å². The van der Waals surface area contributed by atoms with Gasteiger partial charge in [0.1, 0.15) is 11.5 Å². The van der Waals surface area contributed by atoms with Gasteiger partial charge in [0.05, 0.1) is 6.42 Å². The Morgan fingerprint density at radius 1 is 0.741 bits per heavy atom. The third-order valence-corrected chi connectivity index (χ3v) is 3.79. The van der Waals surface area contributed by atoms with Crippen LogP contribution in [0.1, 0.15) is 18.0 Å². The monoisotopic (exact) mass is 373 g/mol. The molecule has 0 aliphatic rings. The van der Waals surface area contributed by atoms with Crippen LogP contribution in [-0.4, -0.2) is 6.18 Å². The molecule has 0 fully saturated rings. The highest BCUT2D eigenvalue weighted by molar-refractivity contribution is 5.48. The van der Waals surface area contributed by atoms with Crippen LogP contribution in [-0.2, 0) is 0 Å². The normalized spacial score (nSPS) is 12.4. The fourth-order valence-corrected chi connectivity index (χ4v) is 2.52. The first kappa shape index (κ1) is 18.8. The molecule has 3 aromatic rings. The van der Waals surface area contributed by atoms with Gasteiger partial charge in [-0.2, -0.15) is 13.2 Å². The number of halogens is 3. The molecule has 3 rings (SSSR count). The molecule has 0 radical (unpaired) electrons. The van der Waals surface area contributed by atoms with Gasteiger partial charge in [0.25, 0.3) is 0 Å². The molecule has 0 heterocycles. The van der Waals surface area contributed by atoms with Crippen molar-refractivity contribution in [1.29, 1.82) is 0 Å². The molecule has 0 spiro atoms. The molecular formula is C21H18F3NO2. The number of ether oxygens (including phenoxy) is 2. The van der Waals surface area contributed by atoms with Crippen LogP contribution in [0, 0.1) is 0 Å². The van der Waals surface area contributed by atoms with E-state index < -0.39 is 18.6 Å². The second-order valence-electron chi connectivity index (χ2n) is 5.96. The molecule has 2 N–H and O–H groups in total. The molecule has 0 aliphatic heterocycles. The number of nitrogens with two attached hydrogens (primary N) is 1. The van der Waals surface area contributed by atoms with E-state index in [1.54, 1.807) is 42.5 Å². The third-order valence-electron chi connectivity index (χ3n) is 3.79. The van der Waals surface area contributed by atoms with Crippen molar-refractivity contribution in [3.63, 3.8) is 0 Å². The van der Waals surface area contributed by atoms with E-state index in [9.17, 15) is 13.2 Å². The van der Waals surface area contributed by atoms with Crippen LogP contribution in [0.5, 0.6) is 23.0 Å². The SMILES string of the molecule is N[C@@H](CC(F)(F)F)c1ccc(Oc2ccccc2)c(Oc2ccccc2)c1. The van der Waals surface area contributed by atoms with Crippen molar-refractivity contribution in [2.45, 2.75) is 18.6 Å². The Balaban J connectivity index is 1.92. The maximum Gasteiger partial charge on any atom is 0.390 e. The number of hydrogen-bond acceptors (Lipinski definition) is 3. The summed E-state index contributed by atoms with van der Waals surface area (Å²) < 4.78 is 49.7. The van der Waals surface area contributed by atoms with E-state index in [1.807, 2.05) is 24.3 Å². The highest BCUT2D eigenvalue weighted by atomic mass is 19.4. The summed E-state index contributed by atoms with van der Waals surface area (Å²) in [4.78, 5) is 0. The lowest BCUT2D eigenvalue weighted by Crippen LogP contribution is -2.20. The average molecular weight is 373 g/mol. The molecule has 6 heteroatoms. The molecule has 3 nitrogen and oxygen atoms in total. The molecular weight excluding hydrogens is 355 g/mol. The zero-order valence-corrected chi connectivity index (χ0v) is 14.3. The second kappa shape index (κ2) is 8.14. The lowest BCUT2D eigenvalue weighted by atomic mass is 10.0. The second-order valence-corrected chi connectivity index (χ2v) is 5.96. The van der Waals surface area contributed by atoms with Crippen molar-refractivity contribution in [2.75, 3.05) is 0 Å². The van der Waals surface area contributed by atoms with Crippen LogP contribution in [0.25, 0.3) is 0 Å². The van der Waals surface area contributed by atoms with E-state index in [2.05, 4.69) is 0 Å². The van der Waals surface area contributed by atoms with Gasteiger partial charge < -0.3 is 15.2 Å². The highest BCUT2D eigenvalue weighted by Gasteiger charge is 2.31. The summed E-state index contributed by atoms with van der Waals surface area (Å²) in [5.41, 5.74) is 6.05. The number of alkyl halides is 3. The van der Waals surface area contributed by atoms with Crippen LogP contribution in [0.2, 0.25) is 0 Å². The van der Waals surface area contributed by atoms with Crippen molar-refractivity contribution < 1.29 is 22.6 Å². The number of rotatable bonds is 6. The molecule has 27 heavy (non-hydrogen) atoms. The minimum atomic E-state index is -4.35. The Kier molecular flexibility index (Phi) is 5.66. The Labute approximate surface area is 155 Å². The summed E-state index contributed by atoms with van der Waals surface area (Å²) in [5.74, 6) is 1.80. The topological polar surface area (TPSA) is 44.5 Å². The fourth-order valence-electron chi connectivity index (χ4n) is 2.52. The molecule has 0 saturated carbocycles. The Hall–Kier alpha value is -2.99. The fraction of sp³-hybridized carbons (Fsp3) is 0.143. The summed E-state index contributed by atoms with van der Waals surface area (Å²) in [6.07, 6.45) is -5.46. The van der Waals surface area contributed by atoms with Crippen LogP contribution >= 0.6 is 0 Å². The summed E-state index contributed by atoms with van der Waals surface area (Å²) in [5, 5.41) is 0. The molecule has 0 unspecified atom stereocenters. The van der Waals surface area contributed by atoms with Crippen LogP contribution in [0.4, 0.5) is 13.2 Å². The van der Waals surface area contributed by atoms with Gasteiger partial charge in [0.2, 0.25) is 0 Å². The van der Waals surface area contributed by atoms with Gasteiger partial charge in [-0.05, 0) is 42.0 Å². The van der Waals surface area contributed by atoms with E-state index in [0.29, 0.717) is 28.6 Å². The molecule has 0 aliphatic carbocycles. The van der Waals surface area contributed by atoms with Gasteiger partial charge >= 0.3 is 6.18 Å². The lowest BCUT2D eigenvalue weighted by Gasteiger charge is -2.18. The van der Waals surface area contributed by atoms with Gasteiger partial charge in [0.15, 0.2) is 11.5 Å². The maximum absolute atomic E-state index is 12.7. The molecule has 0 saturated heterocycles. The van der Waals surface area contributed by atoms with Gasteiger partial charge in [-0.3, -0.25) is 0 Å². The Morgan fingerprint density at radius 3 is 1.78 bits per heavy atom. The minimum Gasteiger partial charge on any atom is -0.453 e. The number of para-hydroxylation sites is 2. The summed E-state index contributed by atoms with van der Waals surface area (Å²) in [7, 11) is 0. The predicted octanol–water partition coefficient (Wildman–Crippen LogP) is 6.22. The van der Waals surface area contributed by atoms with E-state index in [4.69, 9.17) is 15.2 Å². The van der Waals surface area contributed by atoms with Gasteiger partial charge in [-0.25, -0.2) is 0 Å². The molecule has 0 bridgehead atoms. The van der Waals surface area contributed by atoms with Crippen molar-refractivity contribution in [2.24, 2.45) is 5.73 Å². The quantitative estimate of drug-likeness (QED) is 0.557. The standard InChI is InChI=1S/C21H18F3NO2/c22-21(23,24)14-18(25)15-11-12-19(26-16-7-3-1-4-8-16)20(13-15)27-17-9-5-2-6-10-17/h1-13,18H,14,25H2/t18-/m0/s1. The van der Waals surface area contributed by atoms with Crippen molar-refractivity contribution in [1.82, 2.24) is 0 Å². The van der Waals surface area contributed by atoms with Crippen molar-refractivity contribution in [3.05, 3.63) is 84.4 Å². The summed E-state index contributed by atoms with van der Waals surface area (Å²) in [6, 6.07) is 21.4. The first-order valence-corrected chi connectivity index (χ1v) is 8.33. The van der Waals surface area contributed by atoms with E-state index in [0.717, 1.165) is 0 Å². The first-order valence-electron chi connectivity index (χ1n) is 8.33. The molecule has 0 amide bonds. The van der Waals surface area contributed by atoms with Crippen molar-refractivity contribution in [3.8, 4) is 23.0 Å². The van der Waals surface area contributed by atoms with Crippen LogP contribution in [0.3, 0.4) is 0 Å². The predicted molar refractivity (Wildman–Crippen MR) is 97.1 cm³/mol. The third kappa shape index (κ3) is 5.49. The average Bonchev–Trinajstić information content (AvgIpc) is 2.63. The number of hydrogen-bond donors (Lipinski definition) is 1. The zero-order chi connectivity index (χ0) is 19.3. The maximum atomic E-state index is 12.7. The van der Waals surface area contributed by atoms with Gasteiger partial charge in [-0.1, -0.05) is 42.5 Å². The number of benzene rings is 3. The van der Waals surface area contributed by atoms with Gasteiger partial charge in [-0.15, -0.1) is 0 Å². The largest absolute Gasteiger partial charge is 0.453 e. The Morgan fingerprint density at radius 2 is 1.26 bits per heavy atom. The Bertz CT molecular complexity index is 868. The smallest absolute Gasteiger partial charge is 0.390 e. The molecule has 140 valence electrons. The van der Waals surface area contributed by atoms with Crippen LogP contribution < -0.4 is 15.2 Å². The van der Waals surface area contributed by atoms with E-state index in [1.165, 1.54) is 12.1 Å².